The lowest BCUT2D eigenvalue weighted by Gasteiger charge is -2.24. The van der Waals surface area contributed by atoms with Gasteiger partial charge in [0, 0.05) is 17.2 Å². The summed E-state index contributed by atoms with van der Waals surface area (Å²) in [6.07, 6.45) is 0.312. The van der Waals surface area contributed by atoms with Gasteiger partial charge < -0.3 is 18.9 Å². The lowest BCUT2D eigenvalue weighted by Crippen LogP contribution is -2.29. The maximum absolute atomic E-state index is 12.3. The summed E-state index contributed by atoms with van der Waals surface area (Å²) in [4.78, 5) is 24.7. The normalized spacial score (nSPS) is 16.6. The van der Waals surface area contributed by atoms with E-state index in [4.69, 9.17) is 18.9 Å². The number of rotatable bonds is 4. The third kappa shape index (κ3) is 3.57. The Morgan fingerprint density at radius 1 is 0.962 bits per heavy atom. The number of benzene rings is 2. The lowest BCUT2D eigenvalue weighted by molar-refractivity contribution is -0.195. The van der Waals surface area contributed by atoms with E-state index in [1.165, 1.54) is 20.3 Å². The highest BCUT2D eigenvalue weighted by Crippen LogP contribution is 2.35. The van der Waals surface area contributed by atoms with E-state index in [9.17, 15) is 9.59 Å². The molecule has 134 valence electrons. The van der Waals surface area contributed by atoms with Crippen molar-refractivity contribution in [3.05, 3.63) is 63.6 Å². The van der Waals surface area contributed by atoms with Crippen LogP contribution in [0.5, 0.6) is 11.5 Å². The molecule has 6 nitrogen and oxygen atoms in total. The molecule has 0 N–H and O–H groups in total. The molecule has 2 aromatic carbocycles. The highest BCUT2D eigenvalue weighted by Gasteiger charge is 2.34. The van der Waals surface area contributed by atoms with Crippen LogP contribution in [0.1, 0.15) is 17.4 Å². The highest BCUT2D eigenvalue weighted by atomic mass is 79.9. The standard InChI is InChI=1S/C19H15BrO6/c1-23-15-10-16(24-2)14(20)9-12(15)8-13-17(21)25-19(26-18(13)22)11-6-4-3-5-7-11/h3-10,19H,1-2H3. The van der Waals surface area contributed by atoms with Crippen LogP contribution in [-0.2, 0) is 19.1 Å². The molecule has 1 fully saturated rings. The van der Waals surface area contributed by atoms with Gasteiger partial charge in [-0.1, -0.05) is 30.3 Å². The minimum absolute atomic E-state index is 0.215. The first-order valence-corrected chi connectivity index (χ1v) is 8.43. The van der Waals surface area contributed by atoms with Crippen LogP contribution in [0.25, 0.3) is 6.08 Å². The molecule has 0 radical (unpaired) electrons. The molecule has 0 atom stereocenters. The SMILES string of the molecule is COc1cc(OC)c(C=C2C(=O)OC(c3ccccc3)OC2=O)cc1Br. The van der Waals surface area contributed by atoms with Gasteiger partial charge in [0.2, 0.25) is 0 Å². The predicted octanol–water partition coefficient (Wildman–Crippen LogP) is 3.65. The van der Waals surface area contributed by atoms with Crippen molar-refractivity contribution in [1.82, 2.24) is 0 Å². The molecule has 0 unspecified atom stereocenters. The van der Waals surface area contributed by atoms with Crippen molar-refractivity contribution in [1.29, 1.82) is 0 Å². The average Bonchev–Trinajstić information content (AvgIpc) is 2.65. The summed E-state index contributed by atoms with van der Waals surface area (Å²) in [6.45, 7) is 0. The number of hydrogen-bond acceptors (Lipinski definition) is 6. The van der Waals surface area contributed by atoms with Crippen LogP contribution in [0.4, 0.5) is 0 Å². The van der Waals surface area contributed by atoms with Crippen LogP contribution in [0.3, 0.4) is 0 Å². The molecule has 1 saturated heterocycles. The summed E-state index contributed by atoms with van der Waals surface area (Å²) in [7, 11) is 3.00. The van der Waals surface area contributed by atoms with E-state index < -0.39 is 18.2 Å². The molecule has 0 spiro atoms. The van der Waals surface area contributed by atoms with Gasteiger partial charge in [-0.25, -0.2) is 9.59 Å². The zero-order valence-corrected chi connectivity index (χ0v) is 15.6. The third-order valence-electron chi connectivity index (χ3n) is 3.74. The van der Waals surface area contributed by atoms with E-state index in [2.05, 4.69) is 15.9 Å². The summed E-state index contributed by atoms with van der Waals surface area (Å²) < 4.78 is 21.6. The Morgan fingerprint density at radius 2 is 1.58 bits per heavy atom. The molecule has 0 aromatic heterocycles. The summed E-state index contributed by atoms with van der Waals surface area (Å²) in [5.41, 5.74) is 0.868. The molecule has 0 saturated carbocycles. The maximum atomic E-state index is 12.3. The van der Waals surface area contributed by atoms with Gasteiger partial charge in [0.1, 0.15) is 17.1 Å². The molecule has 1 aliphatic rings. The van der Waals surface area contributed by atoms with Crippen molar-refractivity contribution >= 4 is 33.9 Å². The van der Waals surface area contributed by atoms with Gasteiger partial charge in [-0.2, -0.15) is 0 Å². The van der Waals surface area contributed by atoms with E-state index in [1.807, 2.05) is 6.07 Å². The summed E-state index contributed by atoms with van der Waals surface area (Å²) in [6, 6.07) is 12.1. The van der Waals surface area contributed by atoms with Crippen molar-refractivity contribution in [2.24, 2.45) is 0 Å². The number of ether oxygens (including phenoxy) is 4. The van der Waals surface area contributed by atoms with Crippen molar-refractivity contribution in [3.63, 3.8) is 0 Å². The number of cyclic esters (lactones) is 2. The first-order valence-electron chi connectivity index (χ1n) is 7.63. The number of hydrogen-bond donors (Lipinski definition) is 0. The first-order chi connectivity index (χ1) is 12.5. The molecule has 1 aliphatic heterocycles. The van der Waals surface area contributed by atoms with Gasteiger partial charge >= 0.3 is 11.9 Å². The molecule has 7 heteroatoms. The summed E-state index contributed by atoms with van der Waals surface area (Å²) in [5.74, 6) is -0.529. The fraction of sp³-hybridized carbons (Fsp3) is 0.158. The van der Waals surface area contributed by atoms with Crippen molar-refractivity contribution in [2.45, 2.75) is 6.29 Å². The average molecular weight is 419 g/mol. The summed E-state index contributed by atoms with van der Waals surface area (Å²) in [5, 5.41) is 0. The molecule has 0 bridgehead atoms. The van der Waals surface area contributed by atoms with Gasteiger partial charge in [0.15, 0.2) is 0 Å². The van der Waals surface area contributed by atoms with Crippen LogP contribution in [-0.4, -0.2) is 26.2 Å². The molecule has 3 rings (SSSR count). The van der Waals surface area contributed by atoms with Gasteiger partial charge in [0.25, 0.3) is 6.29 Å². The van der Waals surface area contributed by atoms with E-state index in [1.54, 1.807) is 36.4 Å². The van der Waals surface area contributed by atoms with Crippen LogP contribution in [0, 0.1) is 0 Å². The second-order valence-corrected chi connectivity index (χ2v) is 6.19. The van der Waals surface area contributed by atoms with Gasteiger partial charge in [0.05, 0.1) is 18.7 Å². The van der Waals surface area contributed by atoms with Gasteiger partial charge in [-0.3, -0.25) is 0 Å². The van der Waals surface area contributed by atoms with Crippen LogP contribution < -0.4 is 9.47 Å². The lowest BCUT2D eigenvalue weighted by atomic mass is 10.1. The molecular weight excluding hydrogens is 404 g/mol. The number of halogens is 1. The van der Waals surface area contributed by atoms with Crippen LogP contribution >= 0.6 is 15.9 Å². The second-order valence-electron chi connectivity index (χ2n) is 5.34. The Morgan fingerprint density at radius 3 is 2.15 bits per heavy atom. The maximum Gasteiger partial charge on any atom is 0.348 e. The smallest absolute Gasteiger partial charge is 0.348 e. The highest BCUT2D eigenvalue weighted by molar-refractivity contribution is 9.10. The van der Waals surface area contributed by atoms with Crippen molar-refractivity contribution < 1.29 is 28.5 Å². The monoisotopic (exact) mass is 418 g/mol. The van der Waals surface area contributed by atoms with Gasteiger partial charge in [-0.05, 0) is 28.1 Å². The van der Waals surface area contributed by atoms with Crippen molar-refractivity contribution in [2.75, 3.05) is 14.2 Å². The van der Waals surface area contributed by atoms with E-state index in [0.29, 0.717) is 27.1 Å². The molecule has 2 aromatic rings. The zero-order chi connectivity index (χ0) is 18.7. The number of carbonyl (C=O) groups is 2. The number of carbonyl (C=O) groups excluding carboxylic acids is 2. The van der Waals surface area contributed by atoms with Gasteiger partial charge in [-0.15, -0.1) is 0 Å². The molecule has 1 heterocycles. The fourth-order valence-corrected chi connectivity index (χ4v) is 2.97. The molecule has 26 heavy (non-hydrogen) atoms. The quantitative estimate of drug-likeness (QED) is 0.428. The largest absolute Gasteiger partial charge is 0.496 e. The fourth-order valence-electron chi connectivity index (χ4n) is 2.44. The zero-order valence-electron chi connectivity index (χ0n) is 14.0. The Balaban J connectivity index is 1.92. The predicted molar refractivity (Wildman–Crippen MR) is 96.6 cm³/mol. The van der Waals surface area contributed by atoms with Crippen LogP contribution in [0.15, 0.2) is 52.5 Å². The van der Waals surface area contributed by atoms with Crippen molar-refractivity contribution in [3.8, 4) is 11.5 Å². The molecule has 0 aliphatic carbocycles. The van der Waals surface area contributed by atoms with E-state index in [-0.39, 0.29) is 5.57 Å². The Bertz CT molecular complexity index is 855. The third-order valence-corrected chi connectivity index (χ3v) is 4.36. The second kappa shape index (κ2) is 7.61. The van der Waals surface area contributed by atoms with E-state index >= 15 is 0 Å². The first kappa shape index (κ1) is 18.0. The topological polar surface area (TPSA) is 71.1 Å². The molecular formula is C19H15BrO6. The number of methoxy groups -OCH3 is 2. The minimum Gasteiger partial charge on any atom is -0.496 e. The Hall–Kier alpha value is -2.80. The number of esters is 2. The minimum atomic E-state index is -1.06. The molecule has 0 amide bonds. The van der Waals surface area contributed by atoms with E-state index in [0.717, 1.165) is 0 Å². The summed E-state index contributed by atoms with van der Waals surface area (Å²) >= 11 is 3.36. The Labute approximate surface area is 158 Å². The van der Waals surface area contributed by atoms with Crippen LogP contribution in [0.2, 0.25) is 0 Å². The Kier molecular flexibility index (Phi) is 5.27.